The average molecular weight is 504 g/mol. The Hall–Kier alpha value is -4.71. The minimum Gasteiger partial charge on any atom is -0.478 e. The van der Waals surface area contributed by atoms with E-state index in [0.717, 1.165) is 46.1 Å². The minimum atomic E-state index is -1.10. The van der Waals surface area contributed by atoms with E-state index in [1.807, 2.05) is 79.7 Å². The number of aryl methyl sites for hydroxylation is 1. The third-order valence-electron chi connectivity index (χ3n) is 6.71. The highest BCUT2D eigenvalue weighted by molar-refractivity contribution is 6.03. The van der Waals surface area contributed by atoms with Gasteiger partial charge in [-0.3, -0.25) is 4.79 Å². The number of aromatic amines is 1. The van der Waals surface area contributed by atoms with Crippen LogP contribution >= 0.6 is 0 Å². The Morgan fingerprint density at radius 1 is 0.895 bits per heavy atom. The van der Waals surface area contributed by atoms with Gasteiger partial charge in [0.25, 0.3) is 5.91 Å². The Morgan fingerprint density at radius 3 is 2.37 bits per heavy atom. The molecule has 38 heavy (non-hydrogen) atoms. The third-order valence-corrected chi connectivity index (χ3v) is 6.71. The summed E-state index contributed by atoms with van der Waals surface area (Å²) in [5.41, 5.74) is 6.17. The van der Waals surface area contributed by atoms with Crippen molar-refractivity contribution in [1.29, 1.82) is 0 Å². The zero-order chi connectivity index (χ0) is 26.6. The normalized spacial score (nSPS) is 11.8. The molecule has 0 saturated heterocycles. The molecule has 190 valence electrons. The van der Waals surface area contributed by atoms with Crippen molar-refractivity contribution in [2.24, 2.45) is 0 Å². The van der Waals surface area contributed by atoms with E-state index >= 15 is 0 Å². The molecule has 1 aromatic heterocycles. The Morgan fingerprint density at radius 2 is 1.63 bits per heavy atom. The predicted molar refractivity (Wildman–Crippen MR) is 150 cm³/mol. The van der Waals surface area contributed by atoms with Crippen molar-refractivity contribution in [2.45, 2.75) is 32.7 Å². The highest BCUT2D eigenvalue weighted by Gasteiger charge is 2.21. The molecule has 0 aliphatic carbocycles. The van der Waals surface area contributed by atoms with Crippen LogP contribution < -0.4 is 5.32 Å². The van der Waals surface area contributed by atoms with E-state index < -0.39 is 5.97 Å². The van der Waals surface area contributed by atoms with Gasteiger partial charge in [-0.05, 0) is 54.3 Å². The number of aromatic nitrogens is 2. The van der Waals surface area contributed by atoms with Crippen molar-refractivity contribution in [2.75, 3.05) is 0 Å². The second kappa shape index (κ2) is 10.7. The van der Waals surface area contributed by atoms with Crippen LogP contribution in [0.5, 0.6) is 0 Å². The van der Waals surface area contributed by atoms with Gasteiger partial charge in [-0.1, -0.05) is 85.6 Å². The molecule has 0 bridgehead atoms. The first-order chi connectivity index (χ1) is 18.4. The van der Waals surface area contributed by atoms with E-state index in [2.05, 4.69) is 17.2 Å². The Balaban J connectivity index is 1.54. The first-order valence-corrected chi connectivity index (χ1v) is 12.7. The number of carboxylic acids is 1. The number of nitrogens with zero attached hydrogens (tertiary/aromatic N) is 1. The fraction of sp³-hybridized carbons (Fsp3) is 0.156. The fourth-order valence-corrected chi connectivity index (χ4v) is 4.80. The van der Waals surface area contributed by atoms with Gasteiger partial charge < -0.3 is 15.4 Å². The third kappa shape index (κ3) is 5.06. The van der Waals surface area contributed by atoms with Crippen molar-refractivity contribution >= 4 is 22.9 Å². The van der Waals surface area contributed by atoms with Crippen LogP contribution in [0.3, 0.4) is 0 Å². The van der Waals surface area contributed by atoms with Gasteiger partial charge in [0.05, 0.1) is 22.6 Å². The summed E-state index contributed by atoms with van der Waals surface area (Å²) in [6, 6.07) is 28.2. The van der Waals surface area contributed by atoms with Crippen LogP contribution in [-0.4, -0.2) is 27.0 Å². The number of carbonyl (C=O) groups excluding carboxylic acids is 1. The van der Waals surface area contributed by atoms with Crippen molar-refractivity contribution in [1.82, 2.24) is 15.3 Å². The van der Waals surface area contributed by atoms with Gasteiger partial charge in [0, 0.05) is 11.1 Å². The highest BCUT2D eigenvalue weighted by Crippen LogP contribution is 2.35. The average Bonchev–Trinajstić information content (AvgIpc) is 3.37. The van der Waals surface area contributed by atoms with Crippen molar-refractivity contribution in [3.63, 3.8) is 0 Å². The van der Waals surface area contributed by atoms with Crippen molar-refractivity contribution in [3.05, 3.63) is 113 Å². The second-order valence-electron chi connectivity index (χ2n) is 9.44. The molecule has 0 spiro atoms. The van der Waals surface area contributed by atoms with Crippen molar-refractivity contribution in [3.8, 4) is 22.5 Å². The first-order valence-electron chi connectivity index (χ1n) is 12.7. The molecule has 5 rings (SSSR count). The van der Waals surface area contributed by atoms with Crippen LogP contribution in [-0.2, 0) is 0 Å². The number of para-hydroxylation sites is 2. The molecule has 0 fully saturated rings. The van der Waals surface area contributed by atoms with E-state index in [4.69, 9.17) is 4.98 Å². The molecule has 0 aliphatic rings. The van der Waals surface area contributed by atoms with E-state index in [1.165, 1.54) is 6.07 Å². The summed E-state index contributed by atoms with van der Waals surface area (Å²) in [5.74, 6) is -0.743. The molecule has 6 heteroatoms. The lowest BCUT2D eigenvalue weighted by Gasteiger charge is -2.19. The number of rotatable bonds is 8. The maximum atomic E-state index is 13.2. The quantitative estimate of drug-likeness (QED) is 0.209. The van der Waals surface area contributed by atoms with Crippen LogP contribution in [0, 0.1) is 6.92 Å². The SMILES string of the molecule is CCCC(NC(=O)c1ccc(-c2cc(C)ccc2-c2nc3ccccc3[nH]2)c(C(=O)O)c1)c1ccccc1. The van der Waals surface area contributed by atoms with Crippen LogP contribution in [0.4, 0.5) is 0 Å². The molecule has 1 heterocycles. The van der Waals surface area contributed by atoms with E-state index in [9.17, 15) is 14.7 Å². The van der Waals surface area contributed by atoms with Crippen LogP contribution in [0.2, 0.25) is 0 Å². The standard InChI is InChI=1S/C32H29N3O3/c1-3-9-27(21-10-5-4-6-11-21)35-31(36)22-15-17-23(26(19-22)32(37)38)25-18-20(2)14-16-24(25)30-33-28-12-7-8-13-29(28)34-30/h4-8,10-19,27H,3,9H2,1-2H3,(H,33,34)(H,35,36)(H,37,38). The number of carbonyl (C=O) groups is 2. The lowest BCUT2D eigenvalue weighted by atomic mass is 9.92. The number of aromatic carboxylic acids is 1. The Bertz CT molecular complexity index is 1590. The van der Waals surface area contributed by atoms with Crippen LogP contribution in [0.15, 0.2) is 91.0 Å². The lowest BCUT2D eigenvalue weighted by molar-refractivity contribution is 0.0697. The molecule has 0 radical (unpaired) electrons. The number of carboxylic acid groups (broad SMARTS) is 1. The number of benzene rings is 4. The van der Waals surface area contributed by atoms with Gasteiger partial charge in [-0.25, -0.2) is 9.78 Å². The molecule has 1 unspecified atom stereocenters. The molecule has 3 N–H and O–H groups in total. The number of imidazole rings is 1. The molecule has 1 atom stereocenters. The summed E-state index contributed by atoms with van der Waals surface area (Å²) in [6.45, 7) is 4.03. The fourth-order valence-electron chi connectivity index (χ4n) is 4.80. The zero-order valence-corrected chi connectivity index (χ0v) is 21.4. The number of fused-ring (bicyclic) bond motifs is 1. The number of amides is 1. The highest BCUT2D eigenvalue weighted by atomic mass is 16.4. The second-order valence-corrected chi connectivity index (χ2v) is 9.44. The molecule has 0 aliphatic heterocycles. The smallest absolute Gasteiger partial charge is 0.336 e. The van der Waals surface area contributed by atoms with Crippen molar-refractivity contribution < 1.29 is 14.7 Å². The van der Waals surface area contributed by atoms with Gasteiger partial charge in [0.1, 0.15) is 5.82 Å². The van der Waals surface area contributed by atoms with Crippen LogP contribution in [0.1, 0.15) is 57.7 Å². The molecular weight excluding hydrogens is 474 g/mol. The number of H-pyrrole nitrogens is 1. The van der Waals surface area contributed by atoms with E-state index in [0.29, 0.717) is 17.0 Å². The summed E-state index contributed by atoms with van der Waals surface area (Å²) >= 11 is 0. The van der Waals surface area contributed by atoms with Gasteiger partial charge >= 0.3 is 5.97 Å². The summed E-state index contributed by atoms with van der Waals surface area (Å²) in [6.07, 6.45) is 1.68. The number of hydrogen-bond donors (Lipinski definition) is 3. The molecule has 1 amide bonds. The monoisotopic (exact) mass is 503 g/mol. The van der Waals surface area contributed by atoms with Gasteiger partial charge in [-0.15, -0.1) is 0 Å². The molecular formula is C32H29N3O3. The lowest BCUT2D eigenvalue weighted by Crippen LogP contribution is -2.28. The minimum absolute atomic E-state index is 0.0624. The summed E-state index contributed by atoms with van der Waals surface area (Å²) in [7, 11) is 0. The summed E-state index contributed by atoms with van der Waals surface area (Å²) in [5, 5.41) is 13.3. The molecule has 6 nitrogen and oxygen atoms in total. The largest absolute Gasteiger partial charge is 0.478 e. The maximum absolute atomic E-state index is 13.2. The summed E-state index contributed by atoms with van der Waals surface area (Å²) < 4.78 is 0. The van der Waals surface area contributed by atoms with Gasteiger partial charge in [-0.2, -0.15) is 0 Å². The number of hydrogen-bond acceptors (Lipinski definition) is 3. The molecule has 4 aromatic carbocycles. The Labute approximate surface area is 221 Å². The molecule has 5 aromatic rings. The Kier molecular flexibility index (Phi) is 7.05. The topological polar surface area (TPSA) is 95.1 Å². The summed E-state index contributed by atoms with van der Waals surface area (Å²) in [4.78, 5) is 33.8. The zero-order valence-electron chi connectivity index (χ0n) is 21.4. The van der Waals surface area contributed by atoms with E-state index in [-0.39, 0.29) is 17.5 Å². The maximum Gasteiger partial charge on any atom is 0.336 e. The first kappa shape index (κ1) is 25.0. The molecule has 0 saturated carbocycles. The van der Waals surface area contributed by atoms with Crippen LogP contribution in [0.25, 0.3) is 33.5 Å². The number of nitrogens with one attached hydrogen (secondary N) is 2. The predicted octanol–water partition coefficient (Wildman–Crippen LogP) is 7.17. The van der Waals surface area contributed by atoms with E-state index in [1.54, 1.807) is 12.1 Å². The van der Waals surface area contributed by atoms with Gasteiger partial charge in [0.15, 0.2) is 0 Å². The van der Waals surface area contributed by atoms with Gasteiger partial charge in [0.2, 0.25) is 0 Å².